The predicted molar refractivity (Wildman–Crippen MR) is 79.5 cm³/mol. The molecule has 3 N–H and O–H groups in total. The molecule has 3 unspecified atom stereocenters. The Balaban J connectivity index is 2.10. The number of hydrogen-bond donors (Lipinski definition) is 2. The van der Waals surface area contributed by atoms with E-state index in [2.05, 4.69) is 17.1 Å². The fourth-order valence-corrected chi connectivity index (χ4v) is 3.84. The Labute approximate surface area is 122 Å². The van der Waals surface area contributed by atoms with E-state index in [4.69, 9.17) is 10.5 Å². The highest BCUT2D eigenvalue weighted by molar-refractivity contribution is 5.84. The molecule has 0 spiro atoms. The number of nitrogens with zero attached hydrogens (tertiary/aromatic N) is 1. The molecule has 1 aliphatic heterocycles. The predicted octanol–water partition coefficient (Wildman–Crippen LogP) is 0.873. The highest BCUT2D eigenvalue weighted by atomic mass is 16.5. The Kier molecular flexibility index (Phi) is 5.41. The van der Waals surface area contributed by atoms with E-state index in [0.29, 0.717) is 12.1 Å². The van der Waals surface area contributed by atoms with Crippen LogP contribution in [0.2, 0.25) is 0 Å². The summed E-state index contributed by atoms with van der Waals surface area (Å²) >= 11 is 0. The van der Waals surface area contributed by atoms with E-state index in [1.807, 2.05) is 6.92 Å². The van der Waals surface area contributed by atoms with Crippen molar-refractivity contribution in [3.05, 3.63) is 0 Å². The zero-order valence-electron chi connectivity index (χ0n) is 12.9. The molecule has 2 fully saturated rings. The molecule has 5 nitrogen and oxygen atoms in total. The first-order chi connectivity index (χ1) is 9.63. The van der Waals surface area contributed by atoms with E-state index in [9.17, 15) is 4.79 Å². The van der Waals surface area contributed by atoms with Gasteiger partial charge in [0.2, 0.25) is 5.91 Å². The van der Waals surface area contributed by atoms with Crippen LogP contribution in [-0.2, 0) is 9.53 Å². The molecule has 5 heteroatoms. The summed E-state index contributed by atoms with van der Waals surface area (Å²) in [6.07, 6.45) is 5.03. The summed E-state index contributed by atoms with van der Waals surface area (Å²) in [4.78, 5) is 14.5. The fraction of sp³-hybridized carbons (Fsp3) is 0.933. The first kappa shape index (κ1) is 15.7. The minimum atomic E-state index is -0.506. The smallest absolute Gasteiger partial charge is 0.237 e. The van der Waals surface area contributed by atoms with Crippen LogP contribution in [0.1, 0.15) is 46.0 Å². The maximum absolute atomic E-state index is 12.0. The lowest BCUT2D eigenvalue weighted by Crippen LogP contribution is -2.62. The van der Waals surface area contributed by atoms with Crippen LogP contribution in [-0.4, -0.2) is 54.7 Å². The molecule has 0 bridgehead atoms. The average molecular weight is 283 g/mol. The molecule has 0 radical (unpaired) electrons. The fourth-order valence-electron chi connectivity index (χ4n) is 3.84. The number of hydrogen-bond acceptors (Lipinski definition) is 4. The zero-order chi connectivity index (χ0) is 14.6. The van der Waals surface area contributed by atoms with Crippen molar-refractivity contribution in [1.82, 2.24) is 10.2 Å². The molecule has 1 amide bonds. The standard InChI is InChI=1S/C15H29N3O2/c1-3-12-11-20-9-8-18(12)13-6-5-7-15(10-13,14(16)19)17-4-2/h12-13,17H,3-11H2,1-2H3,(H2,16,19). The highest BCUT2D eigenvalue weighted by Gasteiger charge is 2.43. The van der Waals surface area contributed by atoms with Crippen molar-refractivity contribution in [2.24, 2.45) is 5.73 Å². The third kappa shape index (κ3) is 3.15. The molecular formula is C15H29N3O2. The summed E-state index contributed by atoms with van der Waals surface area (Å²) in [7, 11) is 0. The maximum atomic E-state index is 12.0. The maximum Gasteiger partial charge on any atom is 0.237 e. The third-order valence-electron chi connectivity index (χ3n) is 4.93. The number of rotatable bonds is 5. The van der Waals surface area contributed by atoms with E-state index in [1.54, 1.807) is 0 Å². The summed E-state index contributed by atoms with van der Waals surface area (Å²) < 4.78 is 5.59. The van der Waals surface area contributed by atoms with Crippen LogP contribution in [0.3, 0.4) is 0 Å². The molecule has 1 saturated heterocycles. The van der Waals surface area contributed by atoms with Crippen molar-refractivity contribution in [3.63, 3.8) is 0 Å². The molecule has 2 rings (SSSR count). The summed E-state index contributed by atoms with van der Waals surface area (Å²) in [6, 6.07) is 0.934. The minimum absolute atomic E-state index is 0.189. The molecule has 1 aliphatic carbocycles. The van der Waals surface area contributed by atoms with Gasteiger partial charge in [0.1, 0.15) is 0 Å². The SMILES string of the molecule is CCNC1(C(N)=O)CCCC(N2CCOCC2CC)C1. The van der Waals surface area contributed by atoms with Crippen LogP contribution in [0, 0.1) is 0 Å². The van der Waals surface area contributed by atoms with Gasteiger partial charge in [0.05, 0.1) is 18.8 Å². The van der Waals surface area contributed by atoms with Gasteiger partial charge in [-0.25, -0.2) is 0 Å². The Morgan fingerprint density at radius 3 is 2.95 bits per heavy atom. The average Bonchev–Trinajstić information content (AvgIpc) is 2.47. The molecule has 0 aromatic heterocycles. The Hall–Kier alpha value is -0.650. The van der Waals surface area contributed by atoms with Crippen LogP contribution >= 0.6 is 0 Å². The second-order valence-electron chi connectivity index (χ2n) is 6.10. The lowest BCUT2D eigenvalue weighted by atomic mass is 9.77. The van der Waals surface area contributed by atoms with Crippen LogP contribution < -0.4 is 11.1 Å². The van der Waals surface area contributed by atoms with E-state index in [1.165, 1.54) is 0 Å². The van der Waals surface area contributed by atoms with Crippen molar-refractivity contribution in [2.45, 2.75) is 63.6 Å². The van der Waals surface area contributed by atoms with Crippen molar-refractivity contribution in [1.29, 1.82) is 0 Å². The summed E-state index contributed by atoms with van der Waals surface area (Å²) in [5, 5.41) is 3.37. The van der Waals surface area contributed by atoms with Crippen molar-refractivity contribution in [2.75, 3.05) is 26.3 Å². The number of carbonyl (C=O) groups excluding carboxylic acids is 1. The molecule has 20 heavy (non-hydrogen) atoms. The van der Waals surface area contributed by atoms with Gasteiger partial charge in [0.15, 0.2) is 0 Å². The van der Waals surface area contributed by atoms with E-state index in [0.717, 1.165) is 58.4 Å². The molecule has 3 atom stereocenters. The van der Waals surface area contributed by atoms with E-state index in [-0.39, 0.29) is 5.91 Å². The van der Waals surface area contributed by atoms with Gasteiger partial charge in [-0.05, 0) is 38.6 Å². The molecule has 1 saturated carbocycles. The van der Waals surface area contributed by atoms with E-state index < -0.39 is 5.54 Å². The van der Waals surface area contributed by atoms with Gasteiger partial charge in [-0.1, -0.05) is 13.8 Å². The van der Waals surface area contributed by atoms with Gasteiger partial charge in [-0.2, -0.15) is 0 Å². The highest BCUT2D eigenvalue weighted by Crippen LogP contribution is 2.33. The molecule has 116 valence electrons. The zero-order valence-corrected chi connectivity index (χ0v) is 12.9. The van der Waals surface area contributed by atoms with Gasteiger partial charge < -0.3 is 15.8 Å². The van der Waals surface area contributed by atoms with Crippen molar-refractivity contribution in [3.8, 4) is 0 Å². The molecule has 2 aliphatic rings. The first-order valence-corrected chi connectivity index (χ1v) is 8.01. The quantitative estimate of drug-likeness (QED) is 0.786. The number of primary amides is 1. The second kappa shape index (κ2) is 6.87. The number of nitrogens with two attached hydrogens (primary N) is 1. The summed E-state index contributed by atoms with van der Waals surface area (Å²) in [5.74, 6) is -0.189. The Morgan fingerprint density at radius 2 is 2.30 bits per heavy atom. The number of ether oxygens (including phenoxy) is 1. The second-order valence-corrected chi connectivity index (χ2v) is 6.10. The first-order valence-electron chi connectivity index (χ1n) is 8.01. The number of likely N-dealkylation sites (N-methyl/N-ethyl adjacent to an activating group) is 1. The largest absolute Gasteiger partial charge is 0.378 e. The lowest BCUT2D eigenvalue weighted by Gasteiger charge is -2.47. The van der Waals surface area contributed by atoms with Gasteiger partial charge in [-0.15, -0.1) is 0 Å². The van der Waals surface area contributed by atoms with Crippen LogP contribution in [0.15, 0.2) is 0 Å². The van der Waals surface area contributed by atoms with Crippen molar-refractivity contribution < 1.29 is 9.53 Å². The van der Waals surface area contributed by atoms with Gasteiger partial charge in [0, 0.05) is 18.6 Å². The minimum Gasteiger partial charge on any atom is -0.378 e. The summed E-state index contributed by atoms with van der Waals surface area (Å²) in [5.41, 5.74) is 5.20. The molecular weight excluding hydrogens is 254 g/mol. The molecule has 1 heterocycles. The molecule has 0 aromatic carbocycles. The van der Waals surface area contributed by atoms with Gasteiger partial charge in [-0.3, -0.25) is 9.69 Å². The summed E-state index contributed by atoms with van der Waals surface area (Å²) in [6.45, 7) is 7.63. The van der Waals surface area contributed by atoms with Gasteiger partial charge in [0.25, 0.3) is 0 Å². The topological polar surface area (TPSA) is 67.6 Å². The van der Waals surface area contributed by atoms with Crippen LogP contribution in [0.4, 0.5) is 0 Å². The lowest BCUT2D eigenvalue weighted by molar-refractivity contribution is -0.127. The monoisotopic (exact) mass is 283 g/mol. The Bertz CT molecular complexity index is 333. The van der Waals surface area contributed by atoms with Crippen LogP contribution in [0.25, 0.3) is 0 Å². The van der Waals surface area contributed by atoms with Gasteiger partial charge >= 0.3 is 0 Å². The normalized spacial score (nSPS) is 35.9. The number of carbonyl (C=O) groups is 1. The van der Waals surface area contributed by atoms with Crippen LogP contribution in [0.5, 0.6) is 0 Å². The van der Waals surface area contributed by atoms with Crippen molar-refractivity contribution >= 4 is 5.91 Å². The van der Waals surface area contributed by atoms with E-state index >= 15 is 0 Å². The Morgan fingerprint density at radius 1 is 1.50 bits per heavy atom. The molecule has 0 aromatic rings. The number of nitrogens with one attached hydrogen (secondary N) is 1. The third-order valence-corrected chi connectivity index (χ3v) is 4.93. The number of morpholine rings is 1. The number of amides is 1.